The molecule has 2 N–H and O–H groups in total. The van der Waals surface area contributed by atoms with E-state index in [9.17, 15) is 14.4 Å². The molecule has 1 aliphatic carbocycles. The number of para-hydroxylation sites is 1. The van der Waals surface area contributed by atoms with Crippen LogP contribution in [0.25, 0.3) is 10.9 Å². The number of benzene rings is 1. The number of aromatic nitrogens is 1. The molecule has 2 aliphatic rings. The third-order valence-corrected chi connectivity index (χ3v) is 7.85. The van der Waals surface area contributed by atoms with Crippen molar-refractivity contribution in [3.8, 4) is 0 Å². The lowest BCUT2D eigenvalue weighted by atomic mass is 9.89. The maximum atomic E-state index is 13.7. The van der Waals surface area contributed by atoms with E-state index in [1.54, 1.807) is 0 Å². The standard InChI is InChI=1S/C31H45N3O4/c1-31(2,3)38-28(35)20-23(18-22-12-6-7-13-22)29(36)33-26-19-24-21-34(27-15-9-8-14-25(24)27)17-11-5-4-10-16-32-30(26)37/h8-9,14-15,21-23,26H,4-7,10-13,16-20H2,1-3H3,(H,32,37)(H,33,36)/t23-,26+/m1/s1. The summed E-state index contributed by atoms with van der Waals surface area (Å²) in [6.45, 7) is 7.06. The van der Waals surface area contributed by atoms with Crippen LogP contribution >= 0.6 is 0 Å². The van der Waals surface area contributed by atoms with Gasteiger partial charge in [-0.2, -0.15) is 0 Å². The molecule has 7 nitrogen and oxygen atoms in total. The molecule has 2 amide bonds. The van der Waals surface area contributed by atoms with Crippen molar-refractivity contribution in [1.82, 2.24) is 15.2 Å². The second kappa shape index (κ2) is 12.8. The molecule has 38 heavy (non-hydrogen) atoms. The maximum absolute atomic E-state index is 13.7. The number of ether oxygens (including phenoxy) is 1. The Balaban J connectivity index is 1.56. The Hall–Kier alpha value is -2.83. The van der Waals surface area contributed by atoms with E-state index in [4.69, 9.17) is 4.74 Å². The van der Waals surface area contributed by atoms with E-state index in [-0.39, 0.29) is 24.2 Å². The van der Waals surface area contributed by atoms with Crippen molar-refractivity contribution in [3.63, 3.8) is 0 Å². The molecule has 0 spiro atoms. The van der Waals surface area contributed by atoms with E-state index < -0.39 is 17.6 Å². The van der Waals surface area contributed by atoms with Crippen LogP contribution in [0.2, 0.25) is 0 Å². The van der Waals surface area contributed by atoms with Crippen LogP contribution in [0.1, 0.15) is 90.5 Å². The fourth-order valence-electron chi connectivity index (χ4n) is 6.00. The molecular weight excluding hydrogens is 478 g/mol. The van der Waals surface area contributed by atoms with Gasteiger partial charge in [0.15, 0.2) is 0 Å². The van der Waals surface area contributed by atoms with E-state index in [1.165, 1.54) is 12.8 Å². The first kappa shape index (κ1) is 28.2. The number of hydrogen-bond donors (Lipinski definition) is 2. The van der Waals surface area contributed by atoms with Crippen LogP contribution in [-0.2, 0) is 32.1 Å². The van der Waals surface area contributed by atoms with E-state index in [0.717, 1.165) is 61.5 Å². The number of hydrogen-bond acceptors (Lipinski definition) is 4. The number of nitrogens with one attached hydrogen (secondary N) is 2. The number of esters is 1. The molecule has 1 aromatic carbocycles. The molecular formula is C31H45N3O4. The van der Waals surface area contributed by atoms with Crippen molar-refractivity contribution < 1.29 is 19.1 Å². The van der Waals surface area contributed by atoms with Crippen LogP contribution in [0, 0.1) is 11.8 Å². The SMILES string of the molecule is CC(C)(C)OC(=O)C[C@@H](CC1CCCC1)C(=O)N[C@H]1Cc2cn(c3ccccc23)CCCCCCNC1=O. The lowest BCUT2D eigenvalue weighted by molar-refractivity contribution is -0.157. The normalized spacial score (nSPS) is 20.6. The van der Waals surface area contributed by atoms with Gasteiger partial charge in [0.25, 0.3) is 0 Å². The van der Waals surface area contributed by atoms with Gasteiger partial charge in [-0.1, -0.05) is 56.7 Å². The summed E-state index contributed by atoms with van der Waals surface area (Å²) in [5.74, 6) is -0.827. The highest BCUT2D eigenvalue weighted by Gasteiger charge is 2.32. The fraction of sp³-hybridized carbons (Fsp3) is 0.645. The van der Waals surface area contributed by atoms with E-state index in [1.807, 2.05) is 32.9 Å². The number of nitrogens with zero attached hydrogens (tertiary/aromatic N) is 1. The van der Waals surface area contributed by atoms with Gasteiger partial charge in [-0.25, -0.2) is 0 Å². The molecule has 208 valence electrons. The van der Waals surface area contributed by atoms with Crippen LogP contribution in [0.5, 0.6) is 0 Å². The fourth-order valence-corrected chi connectivity index (χ4v) is 6.00. The van der Waals surface area contributed by atoms with Crippen LogP contribution in [0.4, 0.5) is 0 Å². The number of aryl methyl sites for hydroxylation is 1. The van der Waals surface area contributed by atoms with Gasteiger partial charge in [0, 0.05) is 42.5 Å². The molecule has 1 aromatic heterocycles. The summed E-state index contributed by atoms with van der Waals surface area (Å²) in [5.41, 5.74) is 1.61. The third-order valence-electron chi connectivity index (χ3n) is 7.85. The molecule has 0 unspecified atom stereocenters. The number of fused-ring (bicyclic) bond motifs is 5. The highest BCUT2D eigenvalue weighted by Crippen LogP contribution is 2.32. The molecule has 1 saturated carbocycles. The Labute approximate surface area is 227 Å². The Kier molecular flexibility index (Phi) is 9.50. The first-order chi connectivity index (χ1) is 18.2. The first-order valence-electron chi connectivity index (χ1n) is 14.6. The molecule has 2 atom stereocenters. The highest BCUT2D eigenvalue weighted by molar-refractivity contribution is 5.91. The molecule has 4 rings (SSSR count). The molecule has 1 fully saturated rings. The summed E-state index contributed by atoms with van der Waals surface area (Å²) in [4.78, 5) is 39.8. The summed E-state index contributed by atoms with van der Waals surface area (Å²) in [5, 5.41) is 7.25. The zero-order valence-electron chi connectivity index (χ0n) is 23.4. The predicted molar refractivity (Wildman–Crippen MR) is 150 cm³/mol. The Bertz CT molecular complexity index is 1110. The molecule has 2 bridgehead atoms. The van der Waals surface area contributed by atoms with Crippen molar-refractivity contribution >= 4 is 28.7 Å². The number of carbonyl (C=O) groups excluding carboxylic acids is 3. The quantitative estimate of drug-likeness (QED) is 0.504. The zero-order chi connectivity index (χ0) is 27.1. The van der Waals surface area contributed by atoms with Gasteiger partial charge in [-0.05, 0) is 57.6 Å². The van der Waals surface area contributed by atoms with Crippen LogP contribution in [0.3, 0.4) is 0 Å². The average Bonchev–Trinajstić information content (AvgIpc) is 3.49. The number of rotatable bonds is 6. The Morgan fingerprint density at radius 3 is 2.58 bits per heavy atom. The van der Waals surface area contributed by atoms with Crippen molar-refractivity contribution in [3.05, 3.63) is 36.0 Å². The van der Waals surface area contributed by atoms with Gasteiger partial charge >= 0.3 is 5.97 Å². The van der Waals surface area contributed by atoms with E-state index in [0.29, 0.717) is 25.3 Å². The zero-order valence-corrected chi connectivity index (χ0v) is 23.4. The summed E-state index contributed by atoms with van der Waals surface area (Å²) >= 11 is 0. The minimum Gasteiger partial charge on any atom is -0.460 e. The van der Waals surface area contributed by atoms with Gasteiger partial charge in [-0.3, -0.25) is 14.4 Å². The minimum absolute atomic E-state index is 0.0350. The van der Waals surface area contributed by atoms with Crippen LogP contribution in [-0.4, -0.2) is 40.5 Å². The number of amides is 2. The molecule has 2 aromatic rings. The van der Waals surface area contributed by atoms with Crippen molar-refractivity contribution in [2.45, 2.75) is 110 Å². The summed E-state index contributed by atoms with van der Waals surface area (Å²) < 4.78 is 7.85. The summed E-state index contributed by atoms with van der Waals surface area (Å²) in [6.07, 6.45) is 11.9. The molecule has 1 aliphatic heterocycles. The molecule has 0 saturated heterocycles. The Morgan fingerprint density at radius 2 is 1.82 bits per heavy atom. The van der Waals surface area contributed by atoms with Gasteiger partial charge in [-0.15, -0.1) is 0 Å². The van der Waals surface area contributed by atoms with Crippen LogP contribution in [0.15, 0.2) is 30.5 Å². The van der Waals surface area contributed by atoms with E-state index >= 15 is 0 Å². The molecule has 2 heterocycles. The Morgan fingerprint density at radius 1 is 1.08 bits per heavy atom. The third kappa shape index (κ3) is 7.84. The van der Waals surface area contributed by atoms with Crippen molar-refractivity contribution in [2.75, 3.05) is 6.54 Å². The van der Waals surface area contributed by atoms with Crippen molar-refractivity contribution in [2.24, 2.45) is 11.8 Å². The molecule has 0 radical (unpaired) electrons. The molecule has 7 heteroatoms. The minimum atomic E-state index is -0.702. The van der Waals surface area contributed by atoms with Gasteiger partial charge in [0.05, 0.1) is 6.42 Å². The van der Waals surface area contributed by atoms with Gasteiger partial charge in [0.1, 0.15) is 11.6 Å². The maximum Gasteiger partial charge on any atom is 0.307 e. The largest absolute Gasteiger partial charge is 0.460 e. The summed E-state index contributed by atoms with van der Waals surface area (Å²) in [6, 6.07) is 7.58. The lowest BCUT2D eigenvalue weighted by Gasteiger charge is -2.25. The predicted octanol–water partition coefficient (Wildman–Crippen LogP) is 5.29. The van der Waals surface area contributed by atoms with Crippen molar-refractivity contribution in [1.29, 1.82) is 0 Å². The van der Waals surface area contributed by atoms with Gasteiger partial charge < -0.3 is 19.9 Å². The second-order valence-electron chi connectivity index (χ2n) is 12.2. The van der Waals surface area contributed by atoms with Gasteiger partial charge in [0.2, 0.25) is 11.8 Å². The second-order valence-corrected chi connectivity index (χ2v) is 12.2. The average molecular weight is 524 g/mol. The number of carbonyl (C=O) groups is 3. The van der Waals surface area contributed by atoms with Crippen LogP contribution < -0.4 is 10.6 Å². The monoisotopic (exact) mass is 523 g/mol. The van der Waals surface area contributed by atoms with E-state index in [2.05, 4.69) is 33.5 Å². The lowest BCUT2D eigenvalue weighted by Crippen LogP contribution is -2.50. The summed E-state index contributed by atoms with van der Waals surface area (Å²) in [7, 11) is 0. The highest BCUT2D eigenvalue weighted by atomic mass is 16.6. The smallest absolute Gasteiger partial charge is 0.307 e. The topological polar surface area (TPSA) is 89.4 Å². The first-order valence-corrected chi connectivity index (χ1v) is 14.6.